The number of benzene rings is 1. The Balaban J connectivity index is 2.32. The van der Waals surface area contributed by atoms with Crippen molar-refractivity contribution >= 4 is 11.8 Å². The number of fused-ring (bicyclic) bond motifs is 1. The van der Waals surface area contributed by atoms with Crippen LogP contribution in [0.1, 0.15) is 0 Å². The molecule has 0 atom stereocenters. The fourth-order valence-electron chi connectivity index (χ4n) is 1.09. The standard InChI is InChI=1S/C12H10OS/c1-2-6-10-14-12-8-4-3-7-11(12)13-9-5-1/h1-10H. The first-order chi connectivity index (χ1) is 6.97. The SMILES string of the molecule is C1=CC=CSc2ccccc2OC=C1. The highest BCUT2D eigenvalue weighted by Crippen LogP contribution is 2.30. The average molecular weight is 202 g/mol. The van der Waals surface area contributed by atoms with Gasteiger partial charge in [0.1, 0.15) is 5.75 Å². The van der Waals surface area contributed by atoms with Crippen LogP contribution in [-0.2, 0) is 0 Å². The summed E-state index contributed by atoms with van der Waals surface area (Å²) in [7, 11) is 0. The van der Waals surface area contributed by atoms with Gasteiger partial charge in [0.05, 0.1) is 11.2 Å². The third-order valence-electron chi connectivity index (χ3n) is 1.73. The van der Waals surface area contributed by atoms with E-state index in [0.29, 0.717) is 0 Å². The number of thioether (sulfide) groups is 1. The monoisotopic (exact) mass is 202 g/mol. The molecule has 1 aliphatic rings. The number of allylic oxidation sites excluding steroid dienone is 4. The van der Waals surface area contributed by atoms with Crippen molar-refractivity contribution in [3.05, 3.63) is 60.2 Å². The van der Waals surface area contributed by atoms with E-state index in [9.17, 15) is 0 Å². The molecule has 1 aliphatic heterocycles. The molecule has 70 valence electrons. The summed E-state index contributed by atoms with van der Waals surface area (Å²) in [6.45, 7) is 0. The molecule has 0 N–H and O–H groups in total. The van der Waals surface area contributed by atoms with E-state index >= 15 is 0 Å². The van der Waals surface area contributed by atoms with Gasteiger partial charge in [-0.2, -0.15) is 0 Å². The molecule has 0 amide bonds. The molecule has 0 unspecified atom stereocenters. The fraction of sp³-hybridized carbons (Fsp3) is 0. The Morgan fingerprint density at radius 3 is 2.79 bits per heavy atom. The topological polar surface area (TPSA) is 9.23 Å². The number of ether oxygens (including phenoxy) is 1. The van der Waals surface area contributed by atoms with Crippen molar-refractivity contribution in [1.82, 2.24) is 0 Å². The second-order valence-electron chi connectivity index (χ2n) is 2.72. The summed E-state index contributed by atoms with van der Waals surface area (Å²) in [6, 6.07) is 7.99. The lowest BCUT2D eigenvalue weighted by atomic mass is 10.3. The van der Waals surface area contributed by atoms with Crippen molar-refractivity contribution < 1.29 is 4.74 Å². The van der Waals surface area contributed by atoms with E-state index in [1.807, 2.05) is 54.0 Å². The summed E-state index contributed by atoms with van der Waals surface area (Å²) >= 11 is 1.65. The van der Waals surface area contributed by atoms with Gasteiger partial charge in [0, 0.05) is 0 Å². The smallest absolute Gasteiger partial charge is 0.140 e. The molecule has 0 bridgehead atoms. The Labute approximate surface area is 87.8 Å². The Morgan fingerprint density at radius 1 is 0.929 bits per heavy atom. The van der Waals surface area contributed by atoms with Crippen LogP contribution >= 0.6 is 11.8 Å². The third kappa shape index (κ3) is 2.30. The van der Waals surface area contributed by atoms with Gasteiger partial charge >= 0.3 is 0 Å². The van der Waals surface area contributed by atoms with E-state index < -0.39 is 0 Å². The Kier molecular flexibility index (Phi) is 3.09. The lowest BCUT2D eigenvalue weighted by Gasteiger charge is -2.05. The molecule has 14 heavy (non-hydrogen) atoms. The van der Waals surface area contributed by atoms with Crippen LogP contribution in [0.2, 0.25) is 0 Å². The van der Waals surface area contributed by atoms with Crippen LogP contribution in [0.5, 0.6) is 5.75 Å². The highest BCUT2D eigenvalue weighted by atomic mass is 32.2. The van der Waals surface area contributed by atoms with Crippen molar-refractivity contribution in [2.75, 3.05) is 0 Å². The lowest BCUT2D eigenvalue weighted by molar-refractivity contribution is 0.470. The van der Waals surface area contributed by atoms with Gasteiger partial charge in [0.25, 0.3) is 0 Å². The molecule has 1 aromatic carbocycles. The minimum absolute atomic E-state index is 0.897. The summed E-state index contributed by atoms with van der Waals surface area (Å²) in [4.78, 5) is 1.13. The summed E-state index contributed by atoms with van der Waals surface area (Å²) in [5, 5.41) is 2.04. The molecule has 0 aromatic heterocycles. The van der Waals surface area contributed by atoms with E-state index in [-0.39, 0.29) is 0 Å². The van der Waals surface area contributed by atoms with Gasteiger partial charge in [-0.25, -0.2) is 0 Å². The van der Waals surface area contributed by atoms with E-state index in [1.54, 1.807) is 18.0 Å². The minimum Gasteiger partial charge on any atom is -0.464 e. The van der Waals surface area contributed by atoms with Gasteiger partial charge in [-0.1, -0.05) is 42.1 Å². The summed E-state index contributed by atoms with van der Waals surface area (Å²) in [5.41, 5.74) is 0. The number of rotatable bonds is 0. The van der Waals surface area contributed by atoms with E-state index in [1.165, 1.54) is 0 Å². The molecule has 1 aromatic rings. The van der Waals surface area contributed by atoms with Gasteiger partial charge in [0.2, 0.25) is 0 Å². The maximum atomic E-state index is 5.48. The largest absolute Gasteiger partial charge is 0.464 e. The Morgan fingerprint density at radius 2 is 1.79 bits per heavy atom. The molecular weight excluding hydrogens is 192 g/mol. The van der Waals surface area contributed by atoms with E-state index in [2.05, 4.69) is 0 Å². The van der Waals surface area contributed by atoms with Crippen molar-refractivity contribution in [3.8, 4) is 5.75 Å². The number of hydrogen-bond donors (Lipinski definition) is 0. The second-order valence-corrected chi connectivity index (χ2v) is 3.67. The molecule has 0 spiro atoms. The van der Waals surface area contributed by atoms with Gasteiger partial charge in [-0.3, -0.25) is 0 Å². The van der Waals surface area contributed by atoms with Crippen molar-refractivity contribution in [3.63, 3.8) is 0 Å². The molecule has 2 rings (SSSR count). The highest BCUT2D eigenvalue weighted by Gasteiger charge is 1.99. The molecular formula is C12H10OS. The highest BCUT2D eigenvalue weighted by molar-refractivity contribution is 8.02. The second kappa shape index (κ2) is 4.72. The predicted octanol–water partition coefficient (Wildman–Crippen LogP) is 3.75. The molecule has 2 heteroatoms. The van der Waals surface area contributed by atoms with Gasteiger partial charge in [-0.15, -0.1) is 0 Å². The van der Waals surface area contributed by atoms with Crippen LogP contribution < -0.4 is 4.74 Å². The van der Waals surface area contributed by atoms with Gasteiger partial charge in [-0.05, 0) is 23.6 Å². The summed E-state index contributed by atoms with van der Waals surface area (Å²) in [5.74, 6) is 0.897. The normalized spacial score (nSPS) is 14.6. The first-order valence-corrected chi connectivity index (χ1v) is 5.25. The molecule has 1 nitrogen and oxygen atoms in total. The van der Waals surface area contributed by atoms with Crippen LogP contribution in [0.3, 0.4) is 0 Å². The number of hydrogen-bond acceptors (Lipinski definition) is 2. The van der Waals surface area contributed by atoms with Crippen molar-refractivity contribution in [2.24, 2.45) is 0 Å². The first kappa shape index (κ1) is 9.16. The van der Waals surface area contributed by atoms with Crippen LogP contribution in [-0.4, -0.2) is 0 Å². The Bertz CT molecular complexity index is 354. The van der Waals surface area contributed by atoms with Crippen molar-refractivity contribution in [1.29, 1.82) is 0 Å². The first-order valence-electron chi connectivity index (χ1n) is 4.37. The van der Waals surface area contributed by atoms with Crippen LogP contribution in [0, 0.1) is 0 Å². The van der Waals surface area contributed by atoms with Gasteiger partial charge < -0.3 is 4.74 Å². The zero-order chi connectivity index (χ0) is 9.64. The lowest BCUT2D eigenvalue weighted by Crippen LogP contribution is -1.84. The van der Waals surface area contributed by atoms with Crippen LogP contribution in [0.4, 0.5) is 0 Å². The Hall–Kier alpha value is -1.41. The maximum absolute atomic E-state index is 5.48. The molecule has 1 heterocycles. The van der Waals surface area contributed by atoms with E-state index in [4.69, 9.17) is 4.74 Å². The van der Waals surface area contributed by atoms with Gasteiger partial charge in [0.15, 0.2) is 0 Å². The quantitative estimate of drug-likeness (QED) is 0.633. The van der Waals surface area contributed by atoms with Crippen LogP contribution in [0.25, 0.3) is 0 Å². The third-order valence-corrected chi connectivity index (χ3v) is 2.61. The molecule has 0 aliphatic carbocycles. The maximum Gasteiger partial charge on any atom is 0.140 e. The van der Waals surface area contributed by atoms with E-state index in [0.717, 1.165) is 10.6 Å². The average Bonchev–Trinajstić information content (AvgIpc) is 2.25. The molecule has 0 saturated heterocycles. The van der Waals surface area contributed by atoms with Crippen molar-refractivity contribution in [2.45, 2.75) is 4.90 Å². The summed E-state index contributed by atoms with van der Waals surface area (Å²) < 4.78 is 5.48. The predicted molar refractivity (Wildman–Crippen MR) is 60.3 cm³/mol. The number of para-hydroxylation sites is 1. The molecule has 0 radical (unpaired) electrons. The molecule has 0 fully saturated rings. The van der Waals surface area contributed by atoms with Crippen LogP contribution in [0.15, 0.2) is 65.1 Å². The zero-order valence-corrected chi connectivity index (χ0v) is 8.41. The molecule has 0 saturated carbocycles. The fourth-order valence-corrected chi connectivity index (χ4v) is 1.79. The zero-order valence-electron chi connectivity index (χ0n) is 7.59. The minimum atomic E-state index is 0.897. The summed E-state index contributed by atoms with van der Waals surface area (Å²) in [6.07, 6.45) is 9.48.